The first-order valence-corrected chi connectivity index (χ1v) is 9.04. The second-order valence-corrected chi connectivity index (χ2v) is 7.13. The maximum Gasteiger partial charge on any atom is 0.345 e. The lowest BCUT2D eigenvalue weighted by Crippen LogP contribution is -2.03. The van der Waals surface area contributed by atoms with E-state index in [0.717, 1.165) is 0 Å². The first kappa shape index (κ1) is 17.0. The molecule has 0 aliphatic heterocycles. The molecule has 0 unspecified atom stereocenters. The molecule has 0 aliphatic rings. The van der Waals surface area contributed by atoms with Crippen LogP contribution in [0.4, 0.5) is 15.2 Å². The summed E-state index contributed by atoms with van der Waals surface area (Å²) in [5.41, 5.74) is 1.20. The van der Waals surface area contributed by atoms with Gasteiger partial charge in [0.15, 0.2) is 10.7 Å². The third-order valence-corrected chi connectivity index (χ3v) is 4.88. The van der Waals surface area contributed by atoms with Crippen molar-refractivity contribution in [2.75, 3.05) is 5.32 Å². The van der Waals surface area contributed by atoms with Crippen LogP contribution in [0, 0.1) is 5.82 Å². The number of hydrogen-bond acceptors (Lipinski definition) is 5. The van der Waals surface area contributed by atoms with Crippen LogP contribution in [0.2, 0.25) is 10.0 Å². The van der Waals surface area contributed by atoms with Crippen LogP contribution in [0.15, 0.2) is 57.1 Å². The smallest absolute Gasteiger partial charge is 0.345 e. The highest BCUT2D eigenvalue weighted by Gasteiger charge is 2.14. The molecule has 0 spiro atoms. The number of anilines is 2. The molecule has 0 aliphatic carbocycles. The summed E-state index contributed by atoms with van der Waals surface area (Å²) in [5, 5.41) is 6.68. The van der Waals surface area contributed by atoms with Gasteiger partial charge in [0, 0.05) is 21.5 Å². The zero-order valence-corrected chi connectivity index (χ0v) is 15.3. The van der Waals surface area contributed by atoms with Crippen molar-refractivity contribution in [1.82, 2.24) is 4.98 Å². The zero-order valence-electron chi connectivity index (χ0n) is 12.9. The van der Waals surface area contributed by atoms with E-state index in [-0.39, 0.29) is 16.4 Å². The summed E-state index contributed by atoms with van der Waals surface area (Å²) < 4.78 is 18.3. The largest absolute Gasteiger partial charge is 0.421 e. The topological polar surface area (TPSA) is 55.1 Å². The second kappa shape index (κ2) is 6.72. The number of nitrogens with zero attached hydrogens (tertiary/aromatic N) is 1. The Morgan fingerprint density at radius 1 is 1.12 bits per heavy atom. The molecule has 130 valence electrons. The van der Waals surface area contributed by atoms with E-state index in [9.17, 15) is 9.18 Å². The fourth-order valence-corrected chi connectivity index (χ4v) is 3.73. The highest BCUT2D eigenvalue weighted by Crippen LogP contribution is 2.31. The van der Waals surface area contributed by atoms with Crippen molar-refractivity contribution in [3.05, 3.63) is 74.1 Å². The average Bonchev–Trinajstić information content (AvgIpc) is 3.05. The minimum atomic E-state index is -0.541. The molecule has 4 aromatic rings. The number of hydrogen-bond donors (Lipinski definition) is 1. The monoisotopic (exact) mass is 406 g/mol. The third-order valence-electron chi connectivity index (χ3n) is 3.63. The molecule has 26 heavy (non-hydrogen) atoms. The van der Waals surface area contributed by atoms with E-state index in [1.54, 1.807) is 29.6 Å². The van der Waals surface area contributed by atoms with Crippen LogP contribution in [0.5, 0.6) is 0 Å². The Labute approximate surface area is 160 Å². The molecule has 0 atom stereocenters. The van der Waals surface area contributed by atoms with Crippen molar-refractivity contribution < 1.29 is 8.81 Å². The van der Waals surface area contributed by atoms with Gasteiger partial charge in [0.1, 0.15) is 5.82 Å². The van der Waals surface area contributed by atoms with Crippen molar-refractivity contribution >= 4 is 56.3 Å². The van der Waals surface area contributed by atoms with E-state index in [0.29, 0.717) is 32.5 Å². The van der Waals surface area contributed by atoms with E-state index < -0.39 is 5.63 Å². The number of rotatable bonds is 3. The Hall–Kier alpha value is -2.41. The van der Waals surface area contributed by atoms with Gasteiger partial charge in [-0.1, -0.05) is 23.2 Å². The molecule has 0 bridgehead atoms. The van der Waals surface area contributed by atoms with Gasteiger partial charge >= 0.3 is 5.63 Å². The molecule has 0 fully saturated rings. The zero-order chi connectivity index (χ0) is 18.3. The fraction of sp³-hybridized carbons (Fsp3) is 0. The molecule has 8 heteroatoms. The summed E-state index contributed by atoms with van der Waals surface area (Å²) in [4.78, 5) is 16.7. The van der Waals surface area contributed by atoms with E-state index in [2.05, 4.69) is 10.3 Å². The van der Waals surface area contributed by atoms with Crippen LogP contribution in [0.1, 0.15) is 0 Å². The molecule has 0 amide bonds. The maximum atomic E-state index is 13.0. The minimum absolute atomic E-state index is 0.271. The Kier molecular flexibility index (Phi) is 4.40. The van der Waals surface area contributed by atoms with Gasteiger partial charge in [-0.2, -0.15) is 0 Å². The number of benzene rings is 2. The fourth-order valence-electron chi connectivity index (χ4n) is 2.45. The van der Waals surface area contributed by atoms with Crippen molar-refractivity contribution in [3.8, 4) is 11.3 Å². The van der Waals surface area contributed by atoms with Gasteiger partial charge in [0.2, 0.25) is 0 Å². The average molecular weight is 407 g/mol. The molecule has 1 N–H and O–H groups in total. The van der Waals surface area contributed by atoms with Crippen LogP contribution in [0.3, 0.4) is 0 Å². The first-order valence-electron chi connectivity index (χ1n) is 7.41. The maximum absolute atomic E-state index is 13.0. The standard InChI is InChI=1S/C18H9Cl2FN2O2S/c19-10-5-9-6-13(17(24)25-16(9)14(20)7-10)15-8-26-18(23-15)22-12-3-1-11(21)2-4-12/h1-8H,(H,22,23). The van der Waals surface area contributed by atoms with E-state index >= 15 is 0 Å². The number of nitrogens with one attached hydrogen (secondary N) is 1. The van der Waals surface area contributed by atoms with Crippen molar-refractivity contribution in [1.29, 1.82) is 0 Å². The molecule has 0 saturated heterocycles. The molecular weight excluding hydrogens is 398 g/mol. The van der Waals surface area contributed by atoms with E-state index in [4.69, 9.17) is 27.6 Å². The first-order chi connectivity index (χ1) is 12.5. The van der Waals surface area contributed by atoms with Crippen molar-refractivity contribution in [2.45, 2.75) is 0 Å². The van der Waals surface area contributed by atoms with Crippen molar-refractivity contribution in [2.24, 2.45) is 0 Å². The summed E-state index contributed by atoms with van der Waals surface area (Å²) in [5.74, 6) is -0.318. The molecule has 4 nitrogen and oxygen atoms in total. The highest BCUT2D eigenvalue weighted by atomic mass is 35.5. The number of thiazole rings is 1. The quantitative estimate of drug-likeness (QED) is 0.417. The second-order valence-electron chi connectivity index (χ2n) is 5.42. The summed E-state index contributed by atoms with van der Waals surface area (Å²) in [7, 11) is 0. The molecule has 2 aromatic heterocycles. The molecule has 4 rings (SSSR count). The minimum Gasteiger partial charge on any atom is -0.421 e. The van der Waals surface area contributed by atoms with Gasteiger partial charge in [-0.25, -0.2) is 14.2 Å². The lowest BCUT2D eigenvalue weighted by Gasteiger charge is -2.03. The Balaban J connectivity index is 1.72. The number of fused-ring (bicyclic) bond motifs is 1. The van der Waals surface area contributed by atoms with Gasteiger partial charge in [-0.15, -0.1) is 11.3 Å². The summed E-state index contributed by atoms with van der Waals surface area (Å²) in [6, 6.07) is 10.7. The van der Waals surface area contributed by atoms with E-state index in [1.165, 1.54) is 29.5 Å². The third kappa shape index (κ3) is 3.31. The summed E-state index contributed by atoms with van der Waals surface area (Å²) >= 11 is 13.4. The summed E-state index contributed by atoms with van der Waals surface area (Å²) in [6.45, 7) is 0. The van der Waals surface area contributed by atoms with Crippen LogP contribution in [-0.4, -0.2) is 4.98 Å². The predicted molar refractivity (Wildman–Crippen MR) is 103 cm³/mol. The Morgan fingerprint density at radius 2 is 1.88 bits per heavy atom. The van der Waals surface area contributed by atoms with Gasteiger partial charge in [-0.05, 0) is 42.5 Å². The van der Waals surface area contributed by atoms with Gasteiger partial charge in [0.25, 0.3) is 0 Å². The SMILES string of the molecule is O=c1oc2c(Cl)cc(Cl)cc2cc1-c1csc(Nc2ccc(F)cc2)n1. The Morgan fingerprint density at radius 3 is 2.65 bits per heavy atom. The molecule has 0 saturated carbocycles. The van der Waals surface area contributed by atoms with Gasteiger partial charge < -0.3 is 9.73 Å². The molecule has 0 radical (unpaired) electrons. The van der Waals surface area contributed by atoms with Gasteiger partial charge in [0.05, 0.1) is 16.3 Å². The van der Waals surface area contributed by atoms with E-state index in [1.807, 2.05) is 0 Å². The number of halogens is 3. The van der Waals surface area contributed by atoms with Crippen LogP contribution < -0.4 is 10.9 Å². The molecular formula is C18H9Cl2FN2O2S. The van der Waals surface area contributed by atoms with Crippen LogP contribution >= 0.6 is 34.5 Å². The van der Waals surface area contributed by atoms with Gasteiger partial charge in [-0.3, -0.25) is 0 Å². The van der Waals surface area contributed by atoms with Crippen LogP contribution in [0.25, 0.3) is 22.2 Å². The predicted octanol–water partition coefficient (Wildman–Crippen LogP) is 6.11. The Bertz CT molecular complexity index is 1170. The van der Waals surface area contributed by atoms with Crippen LogP contribution in [-0.2, 0) is 0 Å². The lowest BCUT2D eigenvalue weighted by molar-refractivity contribution is 0.563. The molecule has 2 aromatic carbocycles. The van der Waals surface area contributed by atoms with Crippen molar-refractivity contribution in [3.63, 3.8) is 0 Å². The highest BCUT2D eigenvalue weighted by molar-refractivity contribution is 7.14. The molecule has 2 heterocycles. The summed E-state index contributed by atoms with van der Waals surface area (Å²) in [6.07, 6.45) is 0. The number of aromatic nitrogens is 1. The lowest BCUT2D eigenvalue weighted by atomic mass is 10.1. The normalized spacial score (nSPS) is 11.0.